The van der Waals surface area contributed by atoms with Gasteiger partial charge in [-0.25, -0.2) is 0 Å². The number of hydrogen-bond acceptors (Lipinski definition) is 5. The van der Waals surface area contributed by atoms with Crippen LogP contribution in [-0.4, -0.2) is 64.9 Å². The normalized spacial score (nSPS) is 13.9. The fraction of sp³-hybridized carbons (Fsp3) is 1.00. The van der Waals surface area contributed by atoms with Crippen molar-refractivity contribution in [1.82, 2.24) is 5.32 Å². The largest absolute Gasteiger partial charge is 0.382 e. The summed E-state index contributed by atoms with van der Waals surface area (Å²) in [5.41, 5.74) is 0.118. The van der Waals surface area contributed by atoms with E-state index in [0.717, 1.165) is 6.54 Å². The van der Waals surface area contributed by atoms with Gasteiger partial charge >= 0.3 is 0 Å². The van der Waals surface area contributed by atoms with Crippen LogP contribution in [0.2, 0.25) is 0 Å². The molecule has 1 atom stereocenters. The quantitative estimate of drug-likeness (QED) is 0.528. The summed E-state index contributed by atoms with van der Waals surface area (Å²) in [7, 11) is 1.66. The van der Waals surface area contributed by atoms with E-state index in [1.165, 1.54) is 0 Å². The van der Waals surface area contributed by atoms with Gasteiger partial charge in [0.2, 0.25) is 0 Å². The molecule has 0 fully saturated rings. The lowest BCUT2D eigenvalue weighted by Gasteiger charge is -2.27. The van der Waals surface area contributed by atoms with E-state index < -0.39 is 0 Å². The lowest BCUT2D eigenvalue weighted by Crippen LogP contribution is -2.43. The first-order chi connectivity index (χ1) is 9.87. The molecule has 1 unspecified atom stereocenters. The van der Waals surface area contributed by atoms with E-state index in [1.807, 2.05) is 0 Å². The van der Waals surface area contributed by atoms with Crippen LogP contribution in [0.3, 0.4) is 0 Å². The Morgan fingerprint density at radius 2 is 1.38 bits per heavy atom. The molecule has 0 spiro atoms. The van der Waals surface area contributed by atoms with Gasteiger partial charge in [-0.05, 0) is 26.7 Å². The number of hydrogen-bond donors (Lipinski definition) is 1. The van der Waals surface area contributed by atoms with E-state index in [2.05, 4.69) is 39.9 Å². The van der Waals surface area contributed by atoms with Crippen molar-refractivity contribution in [2.45, 2.75) is 46.3 Å². The molecule has 5 nitrogen and oxygen atoms in total. The molecule has 0 aromatic rings. The molecule has 5 heteroatoms. The summed E-state index contributed by atoms with van der Waals surface area (Å²) >= 11 is 0. The van der Waals surface area contributed by atoms with Crippen LogP contribution < -0.4 is 5.32 Å². The lowest BCUT2D eigenvalue weighted by atomic mass is 10.0. The van der Waals surface area contributed by atoms with E-state index >= 15 is 0 Å². The minimum Gasteiger partial charge on any atom is -0.382 e. The zero-order chi connectivity index (χ0) is 16.1. The second kappa shape index (κ2) is 12.4. The van der Waals surface area contributed by atoms with Gasteiger partial charge in [0.05, 0.1) is 45.7 Å². The summed E-state index contributed by atoms with van der Waals surface area (Å²) in [6.45, 7) is 15.4. The molecule has 0 aliphatic carbocycles. The van der Waals surface area contributed by atoms with Gasteiger partial charge < -0.3 is 24.3 Å². The summed E-state index contributed by atoms with van der Waals surface area (Å²) in [5.74, 6) is 0.484. The van der Waals surface area contributed by atoms with Crippen molar-refractivity contribution in [3.05, 3.63) is 0 Å². The van der Waals surface area contributed by atoms with E-state index in [-0.39, 0.29) is 11.6 Å². The average Bonchev–Trinajstić information content (AvgIpc) is 2.38. The third-order valence-electron chi connectivity index (χ3n) is 2.94. The molecular weight excluding hydrogens is 270 g/mol. The Bertz CT molecular complexity index is 229. The second-order valence-electron chi connectivity index (χ2n) is 6.50. The molecule has 0 heterocycles. The molecule has 0 bridgehead atoms. The first kappa shape index (κ1) is 20.8. The molecule has 0 saturated heterocycles. The predicted octanol–water partition coefficient (Wildman–Crippen LogP) is 2.10. The highest BCUT2D eigenvalue weighted by molar-refractivity contribution is 4.75. The Morgan fingerprint density at radius 1 is 0.857 bits per heavy atom. The number of nitrogens with one attached hydrogen (secondary N) is 1. The molecule has 0 saturated carbocycles. The summed E-state index contributed by atoms with van der Waals surface area (Å²) in [4.78, 5) is 0. The van der Waals surface area contributed by atoms with Crippen molar-refractivity contribution in [2.75, 3.05) is 53.3 Å². The van der Waals surface area contributed by atoms with Crippen molar-refractivity contribution >= 4 is 0 Å². The zero-order valence-electron chi connectivity index (χ0n) is 14.7. The number of methoxy groups -OCH3 is 1. The molecule has 0 aromatic carbocycles. The van der Waals surface area contributed by atoms with Gasteiger partial charge in [-0.1, -0.05) is 13.8 Å². The molecule has 128 valence electrons. The van der Waals surface area contributed by atoms with Crippen molar-refractivity contribution in [3.8, 4) is 0 Å². The molecule has 0 amide bonds. The lowest BCUT2D eigenvalue weighted by molar-refractivity contribution is -0.0295. The SMILES string of the molecule is COCCOCCOCCOC(CNC(C)(C)C)C(C)C. The summed E-state index contributed by atoms with van der Waals surface area (Å²) in [5, 5.41) is 3.49. The van der Waals surface area contributed by atoms with Crippen LogP contribution in [0.25, 0.3) is 0 Å². The zero-order valence-corrected chi connectivity index (χ0v) is 14.7. The first-order valence-electron chi connectivity index (χ1n) is 7.88. The summed E-state index contributed by atoms with van der Waals surface area (Å²) in [6, 6.07) is 0. The molecule has 0 radical (unpaired) electrons. The summed E-state index contributed by atoms with van der Waals surface area (Å²) in [6.07, 6.45) is 0.214. The van der Waals surface area contributed by atoms with E-state index in [4.69, 9.17) is 18.9 Å². The van der Waals surface area contributed by atoms with Gasteiger partial charge in [-0.2, -0.15) is 0 Å². The monoisotopic (exact) mass is 305 g/mol. The van der Waals surface area contributed by atoms with Crippen LogP contribution in [-0.2, 0) is 18.9 Å². The Hall–Kier alpha value is -0.200. The molecule has 0 aliphatic heterocycles. The van der Waals surface area contributed by atoms with Gasteiger partial charge in [-0.3, -0.25) is 0 Å². The number of rotatable bonds is 13. The van der Waals surface area contributed by atoms with Crippen LogP contribution in [0.15, 0.2) is 0 Å². The molecule has 0 rings (SSSR count). The van der Waals surface area contributed by atoms with Crippen LogP contribution in [0.5, 0.6) is 0 Å². The smallest absolute Gasteiger partial charge is 0.0723 e. The maximum absolute atomic E-state index is 5.90. The highest BCUT2D eigenvalue weighted by Crippen LogP contribution is 2.08. The maximum atomic E-state index is 5.90. The fourth-order valence-electron chi connectivity index (χ4n) is 1.62. The first-order valence-corrected chi connectivity index (χ1v) is 7.88. The Labute approximate surface area is 130 Å². The number of ether oxygens (including phenoxy) is 4. The average molecular weight is 305 g/mol. The standard InChI is InChI=1S/C16H35NO4/c1-14(2)15(13-17-16(3,4)5)21-12-11-20-10-9-19-8-7-18-6/h14-15,17H,7-13H2,1-6H3. The highest BCUT2D eigenvalue weighted by Gasteiger charge is 2.17. The fourth-order valence-corrected chi connectivity index (χ4v) is 1.62. The molecule has 0 aliphatic rings. The molecule has 21 heavy (non-hydrogen) atoms. The van der Waals surface area contributed by atoms with Gasteiger partial charge in [0.25, 0.3) is 0 Å². The second-order valence-corrected chi connectivity index (χ2v) is 6.50. The Morgan fingerprint density at radius 3 is 1.86 bits per heavy atom. The highest BCUT2D eigenvalue weighted by atomic mass is 16.6. The van der Waals surface area contributed by atoms with Gasteiger partial charge in [-0.15, -0.1) is 0 Å². The minimum atomic E-state index is 0.118. The molecule has 1 N–H and O–H groups in total. The van der Waals surface area contributed by atoms with Crippen molar-refractivity contribution in [3.63, 3.8) is 0 Å². The predicted molar refractivity (Wildman–Crippen MR) is 85.8 cm³/mol. The van der Waals surface area contributed by atoms with E-state index in [9.17, 15) is 0 Å². The van der Waals surface area contributed by atoms with Crippen LogP contribution in [0.4, 0.5) is 0 Å². The topological polar surface area (TPSA) is 49.0 Å². The minimum absolute atomic E-state index is 0.118. The van der Waals surface area contributed by atoms with E-state index in [0.29, 0.717) is 45.6 Å². The maximum Gasteiger partial charge on any atom is 0.0723 e. The Kier molecular flexibility index (Phi) is 12.2. The Balaban J connectivity index is 3.57. The van der Waals surface area contributed by atoms with Crippen molar-refractivity contribution < 1.29 is 18.9 Å². The van der Waals surface area contributed by atoms with Crippen molar-refractivity contribution in [1.29, 1.82) is 0 Å². The molecular formula is C16H35NO4. The van der Waals surface area contributed by atoms with Crippen molar-refractivity contribution in [2.24, 2.45) is 5.92 Å². The summed E-state index contributed by atoms with van der Waals surface area (Å²) < 4.78 is 21.6. The molecule has 0 aromatic heterocycles. The van der Waals surface area contributed by atoms with Crippen LogP contribution in [0, 0.1) is 5.92 Å². The van der Waals surface area contributed by atoms with Crippen LogP contribution >= 0.6 is 0 Å². The third kappa shape index (κ3) is 14.5. The van der Waals surface area contributed by atoms with Gasteiger partial charge in [0, 0.05) is 19.2 Å². The van der Waals surface area contributed by atoms with E-state index in [1.54, 1.807) is 7.11 Å². The van der Waals surface area contributed by atoms with Gasteiger partial charge in [0.1, 0.15) is 0 Å². The third-order valence-corrected chi connectivity index (χ3v) is 2.94. The van der Waals surface area contributed by atoms with Crippen LogP contribution in [0.1, 0.15) is 34.6 Å². The van der Waals surface area contributed by atoms with Gasteiger partial charge in [0.15, 0.2) is 0 Å².